The number of carbonyl (C=O) groups is 1. The van der Waals surface area contributed by atoms with E-state index in [0.717, 1.165) is 31.0 Å². The van der Waals surface area contributed by atoms with Gasteiger partial charge in [0.05, 0.1) is 36.7 Å². The number of alkyl halides is 3. The van der Waals surface area contributed by atoms with Crippen LogP contribution in [0.2, 0.25) is 0 Å². The fourth-order valence-electron chi connectivity index (χ4n) is 5.51. The number of halogens is 3. The lowest BCUT2D eigenvalue weighted by Crippen LogP contribution is -2.56. The van der Waals surface area contributed by atoms with Gasteiger partial charge in [-0.1, -0.05) is 96.8 Å². The minimum Gasteiger partial charge on any atom is -0.395 e. The third-order valence-corrected chi connectivity index (χ3v) is 9.87. The summed E-state index contributed by atoms with van der Waals surface area (Å²) in [5.74, 6) is -0.462. The largest absolute Gasteiger partial charge is 0.395 e. The van der Waals surface area contributed by atoms with Crippen LogP contribution in [0.4, 0.5) is 13.2 Å². The van der Waals surface area contributed by atoms with Gasteiger partial charge in [0.25, 0.3) is 0 Å². The number of amides is 1. The number of hydrogen-bond acceptors (Lipinski definition) is 9. The Kier molecular flexibility index (Phi) is 23.0. The summed E-state index contributed by atoms with van der Waals surface area (Å²) in [7, 11) is 0. The molecule has 1 fully saturated rings. The highest BCUT2D eigenvalue weighted by Crippen LogP contribution is 2.33. The number of thioether (sulfide) groups is 1. The highest BCUT2D eigenvalue weighted by atomic mass is 32.2. The lowest BCUT2D eigenvalue weighted by atomic mass is 9.99. The summed E-state index contributed by atoms with van der Waals surface area (Å²) in [6, 6.07) is -1.07. The molecular weight excluding hydrogens is 615 g/mol. The average molecular weight is 676 g/mol. The van der Waals surface area contributed by atoms with Crippen molar-refractivity contribution in [3.8, 4) is 0 Å². The molecular formula is C32H60F3NO8S. The van der Waals surface area contributed by atoms with Crippen LogP contribution in [-0.2, 0) is 9.53 Å². The predicted octanol–water partition coefficient (Wildman–Crippen LogP) is 4.72. The fourth-order valence-corrected chi connectivity index (χ4v) is 6.74. The van der Waals surface area contributed by atoms with Crippen LogP contribution in [0.15, 0.2) is 0 Å². The SMILES string of the molecule is CCCCCCCCCCCCCC[C@@H](O)[C@@H](O)[C@H](CO[C@H]1S[C@H](CO)[C@H](O)[C@H](O)[C@H]1O)NC(=O)CCCCCCC(F)(F)F. The van der Waals surface area contributed by atoms with Gasteiger partial charge in [-0.2, -0.15) is 13.2 Å². The normalized spacial score (nSPS) is 24.4. The monoisotopic (exact) mass is 675 g/mol. The van der Waals surface area contributed by atoms with Crippen LogP contribution >= 0.6 is 11.8 Å². The first-order valence-electron chi connectivity index (χ1n) is 17.1. The Balaban J connectivity index is 2.55. The highest BCUT2D eigenvalue weighted by molar-refractivity contribution is 8.00. The zero-order chi connectivity index (χ0) is 33.7. The van der Waals surface area contributed by atoms with Gasteiger partial charge in [0, 0.05) is 12.8 Å². The van der Waals surface area contributed by atoms with Crippen molar-refractivity contribution in [3.63, 3.8) is 0 Å². The van der Waals surface area contributed by atoms with Gasteiger partial charge in [-0.25, -0.2) is 0 Å². The number of aliphatic hydroxyl groups excluding tert-OH is 6. The standard InChI is InChI=1S/C32H60F3NO8S/c1-2-3-4-5-6-7-8-9-10-11-12-15-18-24(38)27(40)23(36-26(39)19-16-13-14-17-20-32(33,34)35)22-44-31-30(43)29(42)28(41)25(21-37)45-31/h23-25,27-31,37-38,40-43H,2-22H2,1H3,(H,36,39)/t23-,24+,25+,27-,28-,29-,30+,31-/m0/s1. The van der Waals surface area contributed by atoms with E-state index in [-0.39, 0.29) is 19.4 Å². The Hall–Kier alpha value is -0.670. The van der Waals surface area contributed by atoms with E-state index in [0.29, 0.717) is 32.1 Å². The maximum atomic E-state index is 12.7. The molecule has 1 heterocycles. The van der Waals surface area contributed by atoms with Crippen LogP contribution in [0, 0.1) is 0 Å². The molecule has 45 heavy (non-hydrogen) atoms. The molecule has 1 rings (SSSR count). The number of aliphatic hydroxyl groups is 6. The molecule has 1 amide bonds. The molecule has 268 valence electrons. The molecule has 0 unspecified atom stereocenters. The van der Waals surface area contributed by atoms with Gasteiger partial charge in [-0.05, 0) is 19.3 Å². The van der Waals surface area contributed by atoms with E-state index >= 15 is 0 Å². The number of carbonyl (C=O) groups excluding carboxylic acids is 1. The molecule has 0 bridgehead atoms. The van der Waals surface area contributed by atoms with E-state index in [1.165, 1.54) is 51.4 Å². The second-order valence-electron chi connectivity index (χ2n) is 12.5. The number of nitrogens with one attached hydrogen (secondary N) is 1. The Morgan fingerprint density at radius 1 is 0.800 bits per heavy atom. The van der Waals surface area contributed by atoms with Gasteiger partial charge in [-0.15, -0.1) is 11.8 Å². The first-order valence-corrected chi connectivity index (χ1v) is 18.0. The summed E-state index contributed by atoms with van der Waals surface area (Å²) in [5.41, 5.74) is -1.07. The molecule has 0 spiro atoms. The lowest BCUT2D eigenvalue weighted by Gasteiger charge is -2.39. The first-order chi connectivity index (χ1) is 21.4. The van der Waals surface area contributed by atoms with Crippen molar-refractivity contribution in [1.82, 2.24) is 5.32 Å². The Bertz CT molecular complexity index is 752. The molecule has 1 saturated heterocycles. The predicted molar refractivity (Wildman–Crippen MR) is 170 cm³/mol. The summed E-state index contributed by atoms with van der Waals surface area (Å²) in [5, 5.41) is 63.6. The smallest absolute Gasteiger partial charge is 0.389 e. The van der Waals surface area contributed by atoms with Gasteiger partial charge in [0.1, 0.15) is 23.7 Å². The second-order valence-corrected chi connectivity index (χ2v) is 13.8. The number of unbranched alkanes of at least 4 members (excludes halogenated alkanes) is 14. The van der Waals surface area contributed by atoms with Crippen molar-refractivity contribution in [2.75, 3.05) is 13.2 Å². The molecule has 0 saturated carbocycles. The number of rotatable bonds is 26. The average Bonchev–Trinajstić information content (AvgIpc) is 3.00. The van der Waals surface area contributed by atoms with Gasteiger partial charge in [-0.3, -0.25) is 4.79 Å². The molecule has 13 heteroatoms. The van der Waals surface area contributed by atoms with E-state index in [9.17, 15) is 48.6 Å². The van der Waals surface area contributed by atoms with Crippen molar-refractivity contribution in [1.29, 1.82) is 0 Å². The van der Waals surface area contributed by atoms with Crippen LogP contribution in [-0.4, -0.2) is 103 Å². The van der Waals surface area contributed by atoms with Crippen LogP contribution in [0.1, 0.15) is 129 Å². The Labute approximate surface area is 271 Å². The summed E-state index contributed by atoms with van der Waals surface area (Å²) in [6.07, 6.45) is 3.24. The van der Waals surface area contributed by atoms with E-state index < -0.39 is 72.4 Å². The van der Waals surface area contributed by atoms with E-state index in [1.807, 2.05) is 0 Å². The quantitative estimate of drug-likeness (QED) is 0.0644. The summed E-state index contributed by atoms with van der Waals surface area (Å²) in [6.45, 7) is 1.41. The van der Waals surface area contributed by atoms with Crippen LogP contribution in [0.5, 0.6) is 0 Å². The summed E-state index contributed by atoms with van der Waals surface area (Å²) in [4.78, 5) is 12.7. The third kappa shape index (κ3) is 19.1. The van der Waals surface area contributed by atoms with Crippen molar-refractivity contribution in [2.45, 2.75) is 182 Å². The zero-order valence-corrected chi connectivity index (χ0v) is 27.8. The van der Waals surface area contributed by atoms with Crippen molar-refractivity contribution in [2.24, 2.45) is 0 Å². The molecule has 8 atom stereocenters. The maximum Gasteiger partial charge on any atom is 0.389 e. The maximum absolute atomic E-state index is 12.7. The third-order valence-electron chi connectivity index (χ3n) is 8.41. The molecule has 0 aromatic carbocycles. The number of hydrogen-bond donors (Lipinski definition) is 7. The fraction of sp³-hybridized carbons (Fsp3) is 0.969. The van der Waals surface area contributed by atoms with E-state index in [1.54, 1.807) is 0 Å². The molecule has 1 aliphatic rings. The molecule has 9 nitrogen and oxygen atoms in total. The summed E-state index contributed by atoms with van der Waals surface area (Å²) < 4.78 is 42.7. The van der Waals surface area contributed by atoms with Gasteiger partial charge in [0.2, 0.25) is 5.91 Å². The minimum atomic E-state index is -4.20. The van der Waals surface area contributed by atoms with Crippen LogP contribution in [0.25, 0.3) is 0 Å². The minimum absolute atomic E-state index is 0.0115. The van der Waals surface area contributed by atoms with Crippen LogP contribution < -0.4 is 5.32 Å². The zero-order valence-electron chi connectivity index (χ0n) is 27.0. The van der Waals surface area contributed by atoms with Crippen LogP contribution in [0.3, 0.4) is 0 Å². The molecule has 0 aliphatic carbocycles. The molecule has 0 aromatic heterocycles. The van der Waals surface area contributed by atoms with Gasteiger partial charge < -0.3 is 40.7 Å². The molecule has 0 radical (unpaired) electrons. The van der Waals surface area contributed by atoms with Gasteiger partial charge in [0.15, 0.2) is 0 Å². The van der Waals surface area contributed by atoms with Gasteiger partial charge >= 0.3 is 6.18 Å². The van der Waals surface area contributed by atoms with E-state index in [2.05, 4.69) is 12.2 Å². The Morgan fingerprint density at radius 2 is 1.33 bits per heavy atom. The second kappa shape index (κ2) is 24.5. The highest BCUT2D eigenvalue weighted by Gasteiger charge is 2.44. The van der Waals surface area contributed by atoms with Crippen molar-refractivity contribution in [3.05, 3.63) is 0 Å². The topological polar surface area (TPSA) is 160 Å². The molecule has 0 aromatic rings. The van der Waals surface area contributed by atoms with E-state index in [4.69, 9.17) is 4.74 Å². The lowest BCUT2D eigenvalue weighted by molar-refractivity contribution is -0.136. The number of ether oxygens (including phenoxy) is 1. The first kappa shape index (κ1) is 42.4. The Morgan fingerprint density at radius 3 is 1.89 bits per heavy atom. The molecule has 1 aliphatic heterocycles. The van der Waals surface area contributed by atoms with Crippen molar-refractivity contribution < 1.29 is 53.3 Å². The summed E-state index contributed by atoms with van der Waals surface area (Å²) >= 11 is 0.917. The molecule has 7 N–H and O–H groups in total. The van der Waals surface area contributed by atoms with Crippen molar-refractivity contribution >= 4 is 17.7 Å².